The number of hydrogen-bond donors (Lipinski definition) is 1. The van der Waals surface area contributed by atoms with Crippen LogP contribution in [-0.2, 0) is 6.42 Å². The van der Waals surface area contributed by atoms with E-state index in [-0.39, 0.29) is 0 Å². The molecule has 0 spiro atoms. The maximum absolute atomic E-state index is 4.20. The lowest BCUT2D eigenvalue weighted by molar-refractivity contribution is 0.549. The molecule has 2 nitrogen and oxygen atoms in total. The van der Waals surface area contributed by atoms with E-state index in [1.165, 1.54) is 40.7 Å². The van der Waals surface area contributed by atoms with Crippen LogP contribution >= 0.6 is 0 Å². The molecule has 1 atom stereocenters. The molecule has 1 N–H and O–H groups in total. The smallest absolute Gasteiger partial charge is 0.0326 e. The Morgan fingerprint density at radius 3 is 2.95 bits per heavy atom. The van der Waals surface area contributed by atoms with Crippen LogP contribution < -0.4 is 5.32 Å². The predicted molar refractivity (Wildman–Crippen MR) is 79.1 cm³/mol. The molecule has 19 heavy (non-hydrogen) atoms. The first kappa shape index (κ1) is 12.4. The van der Waals surface area contributed by atoms with E-state index in [2.05, 4.69) is 48.4 Å². The molecule has 0 fully saturated rings. The van der Waals surface area contributed by atoms with Gasteiger partial charge in [0.1, 0.15) is 0 Å². The average Bonchev–Trinajstić information content (AvgIpc) is 2.83. The lowest BCUT2D eigenvalue weighted by Gasteiger charge is -2.14. The lowest BCUT2D eigenvalue weighted by atomic mass is 9.95. The number of aryl methyl sites for hydroxylation is 1. The zero-order valence-electron chi connectivity index (χ0n) is 11.6. The highest BCUT2D eigenvalue weighted by molar-refractivity contribution is 5.72. The first-order valence-corrected chi connectivity index (χ1v) is 7.07. The molecule has 98 valence electrons. The monoisotopic (exact) mass is 252 g/mol. The van der Waals surface area contributed by atoms with Crippen molar-refractivity contribution < 1.29 is 0 Å². The van der Waals surface area contributed by atoms with Gasteiger partial charge in [0.05, 0.1) is 0 Å². The van der Waals surface area contributed by atoms with Gasteiger partial charge in [0, 0.05) is 18.4 Å². The van der Waals surface area contributed by atoms with Crippen LogP contribution in [0.25, 0.3) is 11.1 Å². The molecule has 2 aromatic rings. The summed E-state index contributed by atoms with van der Waals surface area (Å²) in [5.41, 5.74) is 6.96. The summed E-state index contributed by atoms with van der Waals surface area (Å²) in [6.07, 6.45) is 6.22. The molecule has 1 aliphatic carbocycles. The fraction of sp³-hybridized carbons (Fsp3) is 0.353. The molecule has 2 heteroatoms. The zero-order valence-corrected chi connectivity index (χ0v) is 11.6. The van der Waals surface area contributed by atoms with Crippen molar-refractivity contribution in [2.75, 3.05) is 6.54 Å². The van der Waals surface area contributed by atoms with Gasteiger partial charge in [-0.15, -0.1) is 0 Å². The number of hydrogen-bond acceptors (Lipinski definition) is 2. The quantitative estimate of drug-likeness (QED) is 0.902. The highest BCUT2D eigenvalue weighted by Gasteiger charge is 2.24. The van der Waals surface area contributed by atoms with Gasteiger partial charge in [-0.05, 0) is 60.2 Å². The van der Waals surface area contributed by atoms with Gasteiger partial charge in [0.25, 0.3) is 0 Å². The molecule has 1 aromatic heterocycles. The topological polar surface area (TPSA) is 24.9 Å². The summed E-state index contributed by atoms with van der Waals surface area (Å²) in [6.45, 7) is 5.34. The molecule has 0 bridgehead atoms. The first-order valence-electron chi connectivity index (χ1n) is 7.07. The molecule has 0 saturated heterocycles. The Bertz CT molecular complexity index is 590. The van der Waals surface area contributed by atoms with E-state index in [0.29, 0.717) is 6.04 Å². The molecule has 1 aromatic carbocycles. The second kappa shape index (κ2) is 5.14. The number of pyridine rings is 1. The summed E-state index contributed by atoms with van der Waals surface area (Å²) in [5, 5.41) is 3.58. The molecular weight excluding hydrogens is 232 g/mol. The SMILES string of the molecule is CCNC1CCc2c(-c3ccncc3C)cccc21. The Kier molecular flexibility index (Phi) is 3.34. The molecular formula is C17H20N2. The maximum Gasteiger partial charge on any atom is 0.0326 e. The Morgan fingerprint density at radius 2 is 2.16 bits per heavy atom. The van der Waals surface area contributed by atoms with Crippen LogP contribution in [0, 0.1) is 6.92 Å². The van der Waals surface area contributed by atoms with Crippen LogP contribution in [0.3, 0.4) is 0 Å². The maximum atomic E-state index is 4.20. The fourth-order valence-corrected chi connectivity index (χ4v) is 3.14. The largest absolute Gasteiger partial charge is 0.310 e. The van der Waals surface area contributed by atoms with Crippen LogP contribution in [0.5, 0.6) is 0 Å². The standard InChI is InChI=1S/C17H20N2/c1-3-19-17-8-7-15-14(5-4-6-16(15)17)13-9-10-18-11-12(13)2/h4-6,9-11,17,19H,3,7-8H2,1-2H3. The van der Waals surface area contributed by atoms with Crippen LogP contribution in [0.4, 0.5) is 0 Å². The highest BCUT2D eigenvalue weighted by atomic mass is 14.9. The van der Waals surface area contributed by atoms with Gasteiger partial charge in [-0.3, -0.25) is 4.98 Å². The zero-order chi connectivity index (χ0) is 13.2. The molecule has 0 amide bonds. The van der Waals surface area contributed by atoms with Crippen LogP contribution in [0.15, 0.2) is 36.7 Å². The van der Waals surface area contributed by atoms with Crippen LogP contribution in [0.1, 0.15) is 36.1 Å². The van der Waals surface area contributed by atoms with Gasteiger partial charge in [0.2, 0.25) is 0 Å². The summed E-state index contributed by atoms with van der Waals surface area (Å²) in [5.74, 6) is 0. The summed E-state index contributed by atoms with van der Waals surface area (Å²) in [7, 11) is 0. The molecule has 0 saturated carbocycles. The minimum Gasteiger partial charge on any atom is -0.310 e. The van der Waals surface area contributed by atoms with Crippen molar-refractivity contribution >= 4 is 0 Å². The Balaban J connectivity index is 2.08. The van der Waals surface area contributed by atoms with E-state index >= 15 is 0 Å². The molecule has 1 unspecified atom stereocenters. The van der Waals surface area contributed by atoms with Gasteiger partial charge < -0.3 is 5.32 Å². The van der Waals surface area contributed by atoms with Crippen LogP contribution in [0.2, 0.25) is 0 Å². The predicted octanol–water partition coefficient (Wildman–Crippen LogP) is 3.65. The third-order valence-corrected chi connectivity index (χ3v) is 4.03. The van der Waals surface area contributed by atoms with Crippen molar-refractivity contribution in [3.05, 3.63) is 53.3 Å². The van der Waals surface area contributed by atoms with Gasteiger partial charge in [-0.2, -0.15) is 0 Å². The number of fused-ring (bicyclic) bond motifs is 1. The Morgan fingerprint density at radius 1 is 1.26 bits per heavy atom. The summed E-state index contributed by atoms with van der Waals surface area (Å²) in [6, 6.07) is 9.36. The molecule has 1 aliphatic rings. The normalized spacial score (nSPS) is 17.5. The lowest BCUT2D eigenvalue weighted by Crippen LogP contribution is -2.18. The molecule has 0 radical (unpaired) electrons. The average molecular weight is 252 g/mol. The van der Waals surface area contributed by atoms with E-state index in [1.54, 1.807) is 0 Å². The number of rotatable bonds is 3. The number of benzene rings is 1. The van der Waals surface area contributed by atoms with E-state index in [0.717, 1.165) is 6.54 Å². The highest BCUT2D eigenvalue weighted by Crippen LogP contribution is 2.38. The molecule has 3 rings (SSSR count). The minimum atomic E-state index is 0.530. The van der Waals surface area contributed by atoms with E-state index < -0.39 is 0 Å². The van der Waals surface area contributed by atoms with Gasteiger partial charge in [-0.25, -0.2) is 0 Å². The third-order valence-electron chi connectivity index (χ3n) is 4.03. The van der Waals surface area contributed by atoms with E-state index in [9.17, 15) is 0 Å². The van der Waals surface area contributed by atoms with Crippen molar-refractivity contribution in [1.82, 2.24) is 10.3 Å². The fourth-order valence-electron chi connectivity index (χ4n) is 3.14. The van der Waals surface area contributed by atoms with Crippen LogP contribution in [-0.4, -0.2) is 11.5 Å². The third kappa shape index (κ3) is 2.17. The second-order valence-electron chi connectivity index (χ2n) is 5.21. The van der Waals surface area contributed by atoms with Crippen molar-refractivity contribution in [2.24, 2.45) is 0 Å². The molecule has 1 heterocycles. The van der Waals surface area contributed by atoms with Crippen molar-refractivity contribution in [3.63, 3.8) is 0 Å². The molecule has 0 aliphatic heterocycles. The second-order valence-corrected chi connectivity index (χ2v) is 5.21. The minimum absolute atomic E-state index is 0.530. The first-order chi connectivity index (χ1) is 9.31. The van der Waals surface area contributed by atoms with Crippen molar-refractivity contribution in [2.45, 2.75) is 32.7 Å². The van der Waals surface area contributed by atoms with Gasteiger partial charge >= 0.3 is 0 Å². The van der Waals surface area contributed by atoms with E-state index in [1.807, 2.05) is 12.4 Å². The van der Waals surface area contributed by atoms with Crippen molar-refractivity contribution in [1.29, 1.82) is 0 Å². The van der Waals surface area contributed by atoms with Gasteiger partial charge in [-0.1, -0.05) is 25.1 Å². The number of nitrogens with one attached hydrogen (secondary N) is 1. The Hall–Kier alpha value is -1.67. The van der Waals surface area contributed by atoms with Crippen molar-refractivity contribution in [3.8, 4) is 11.1 Å². The summed E-state index contributed by atoms with van der Waals surface area (Å²) >= 11 is 0. The Labute approximate surface area is 114 Å². The van der Waals surface area contributed by atoms with Gasteiger partial charge in [0.15, 0.2) is 0 Å². The number of nitrogens with zero attached hydrogens (tertiary/aromatic N) is 1. The van der Waals surface area contributed by atoms with E-state index in [4.69, 9.17) is 0 Å². The summed E-state index contributed by atoms with van der Waals surface area (Å²) in [4.78, 5) is 4.20. The summed E-state index contributed by atoms with van der Waals surface area (Å²) < 4.78 is 0. The number of aromatic nitrogens is 1.